The molecule has 20 heavy (non-hydrogen) atoms. The summed E-state index contributed by atoms with van der Waals surface area (Å²) >= 11 is 0. The fourth-order valence-corrected chi connectivity index (χ4v) is 2.07. The second kappa shape index (κ2) is 7.46. The van der Waals surface area contributed by atoms with E-state index >= 15 is 0 Å². The molecule has 2 aromatic rings. The SMILES string of the molecule is CNC(CC=Cc1cccnc1)c1ccc(OC)cc1. The molecule has 0 radical (unpaired) electrons. The molecule has 1 aromatic heterocycles. The second-order valence-corrected chi connectivity index (χ2v) is 4.54. The van der Waals surface area contributed by atoms with Crippen LogP contribution in [0, 0.1) is 0 Å². The van der Waals surface area contributed by atoms with E-state index in [9.17, 15) is 0 Å². The summed E-state index contributed by atoms with van der Waals surface area (Å²) in [6.07, 6.45) is 8.84. The predicted octanol–water partition coefficient (Wildman–Crippen LogP) is 3.45. The smallest absolute Gasteiger partial charge is 0.118 e. The largest absolute Gasteiger partial charge is 0.497 e. The molecule has 0 aliphatic carbocycles. The molecule has 104 valence electrons. The highest BCUT2D eigenvalue weighted by Crippen LogP contribution is 2.20. The number of rotatable bonds is 6. The molecule has 0 bridgehead atoms. The molecule has 0 saturated heterocycles. The average Bonchev–Trinajstić information content (AvgIpc) is 2.53. The first kappa shape index (κ1) is 14.3. The molecule has 0 aliphatic heterocycles. The Bertz CT molecular complexity index is 535. The van der Waals surface area contributed by atoms with Gasteiger partial charge in [-0.3, -0.25) is 4.98 Å². The molecule has 1 atom stereocenters. The van der Waals surface area contributed by atoms with Crippen LogP contribution >= 0.6 is 0 Å². The van der Waals surface area contributed by atoms with E-state index < -0.39 is 0 Å². The minimum absolute atomic E-state index is 0.300. The molecule has 0 spiro atoms. The highest BCUT2D eigenvalue weighted by atomic mass is 16.5. The number of ether oxygens (including phenoxy) is 1. The van der Waals surface area contributed by atoms with Gasteiger partial charge in [-0.25, -0.2) is 0 Å². The van der Waals surface area contributed by atoms with Crippen molar-refractivity contribution in [3.8, 4) is 5.75 Å². The van der Waals surface area contributed by atoms with Gasteiger partial charge in [-0.2, -0.15) is 0 Å². The van der Waals surface area contributed by atoms with Crippen molar-refractivity contribution in [3.63, 3.8) is 0 Å². The van der Waals surface area contributed by atoms with Crippen LogP contribution in [0.25, 0.3) is 6.08 Å². The Labute approximate surface area is 120 Å². The molecule has 1 N–H and O–H groups in total. The number of benzene rings is 1. The highest BCUT2D eigenvalue weighted by molar-refractivity contribution is 5.47. The lowest BCUT2D eigenvalue weighted by atomic mass is 10.0. The van der Waals surface area contributed by atoms with Crippen molar-refractivity contribution in [1.29, 1.82) is 0 Å². The van der Waals surface area contributed by atoms with Gasteiger partial charge >= 0.3 is 0 Å². The monoisotopic (exact) mass is 268 g/mol. The van der Waals surface area contributed by atoms with Crippen molar-refractivity contribution in [2.75, 3.05) is 14.2 Å². The molecule has 1 unspecified atom stereocenters. The first-order valence-corrected chi connectivity index (χ1v) is 6.71. The molecule has 0 saturated carbocycles. The molecule has 1 heterocycles. The Balaban J connectivity index is 1.99. The van der Waals surface area contributed by atoms with Crippen LogP contribution in [0.4, 0.5) is 0 Å². The lowest BCUT2D eigenvalue weighted by Gasteiger charge is -2.15. The molecule has 1 aromatic carbocycles. The summed E-state index contributed by atoms with van der Waals surface area (Å²) in [5, 5.41) is 3.33. The van der Waals surface area contributed by atoms with E-state index in [4.69, 9.17) is 4.74 Å². The van der Waals surface area contributed by atoms with E-state index in [1.54, 1.807) is 13.3 Å². The van der Waals surface area contributed by atoms with E-state index in [-0.39, 0.29) is 0 Å². The zero-order chi connectivity index (χ0) is 14.2. The van der Waals surface area contributed by atoms with Gasteiger partial charge in [-0.15, -0.1) is 0 Å². The van der Waals surface area contributed by atoms with Crippen LogP contribution in [0.1, 0.15) is 23.6 Å². The summed E-state index contributed by atoms with van der Waals surface area (Å²) < 4.78 is 5.18. The molecule has 0 aliphatic rings. The number of aromatic nitrogens is 1. The van der Waals surface area contributed by atoms with Gasteiger partial charge < -0.3 is 10.1 Å². The lowest BCUT2D eigenvalue weighted by Crippen LogP contribution is -2.15. The molecule has 3 nitrogen and oxygen atoms in total. The Morgan fingerprint density at radius 2 is 2.05 bits per heavy atom. The van der Waals surface area contributed by atoms with Crippen molar-refractivity contribution >= 4 is 6.08 Å². The zero-order valence-corrected chi connectivity index (χ0v) is 11.9. The summed E-state index contributed by atoms with van der Waals surface area (Å²) in [4.78, 5) is 4.10. The summed E-state index contributed by atoms with van der Waals surface area (Å²) in [5.74, 6) is 0.884. The van der Waals surface area contributed by atoms with E-state index in [0.29, 0.717) is 6.04 Å². The van der Waals surface area contributed by atoms with Crippen LogP contribution < -0.4 is 10.1 Å². The van der Waals surface area contributed by atoms with Crippen LogP contribution in [-0.4, -0.2) is 19.1 Å². The molecular formula is C17H20N2O. The van der Waals surface area contributed by atoms with Crippen molar-refractivity contribution in [2.45, 2.75) is 12.5 Å². The fourth-order valence-electron chi connectivity index (χ4n) is 2.07. The number of pyridine rings is 1. The fraction of sp³-hybridized carbons (Fsp3) is 0.235. The van der Waals surface area contributed by atoms with Gasteiger partial charge in [-0.05, 0) is 42.8 Å². The van der Waals surface area contributed by atoms with Crippen LogP contribution in [0.15, 0.2) is 54.9 Å². The Kier molecular flexibility index (Phi) is 5.33. The summed E-state index contributed by atoms with van der Waals surface area (Å²) in [6.45, 7) is 0. The third kappa shape index (κ3) is 3.93. The van der Waals surface area contributed by atoms with E-state index in [1.807, 2.05) is 37.5 Å². The normalized spacial score (nSPS) is 12.5. The van der Waals surface area contributed by atoms with E-state index in [1.165, 1.54) is 5.56 Å². The van der Waals surface area contributed by atoms with E-state index in [0.717, 1.165) is 17.7 Å². The van der Waals surface area contributed by atoms with Crippen LogP contribution in [-0.2, 0) is 0 Å². The third-order valence-electron chi connectivity index (χ3n) is 3.23. The Morgan fingerprint density at radius 1 is 1.25 bits per heavy atom. The Hall–Kier alpha value is -2.13. The highest BCUT2D eigenvalue weighted by Gasteiger charge is 2.06. The molecular weight excluding hydrogens is 248 g/mol. The quantitative estimate of drug-likeness (QED) is 0.871. The van der Waals surface area contributed by atoms with Gasteiger partial charge in [0.1, 0.15) is 5.75 Å². The average molecular weight is 268 g/mol. The van der Waals surface area contributed by atoms with Gasteiger partial charge in [0.05, 0.1) is 7.11 Å². The number of hydrogen-bond acceptors (Lipinski definition) is 3. The number of methoxy groups -OCH3 is 1. The minimum atomic E-state index is 0.300. The predicted molar refractivity (Wildman–Crippen MR) is 82.7 cm³/mol. The molecule has 0 fully saturated rings. The number of hydrogen-bond donors (Lipinski definition) is 1. The zero-order valence-electron chi connectivity index (χ0n) is 11.9. The van der Waals surface area contributed by atoms with E-state index in [2.05, 4.69) is 34.6 Å². The van der Waals surface area contributed by atoms with Gasteiger partial charge in [0.15, 0.2) is 0 Å². The molecule has 0 amide bonds. The lowest BCUT2D eigenvalue weighted by molar-refractivity contribution is 0.414. The van der Waals surface area contributed by atoms with Crippen LogP contribution in [0.3, 0.4) is 0 Å². The topological polar surface area (TPSA) is 34.2 Å². The molecule has 2 rings (SSSR count). The van der Waals surface area contributed by atoms with Crippen molar-refractivity contribution < 1.29 is 4.74 Å². The first-order chi connectivity index (χ1) is 9.83. The van der Waals surface area contributed by atoms with Crippen LogP contribution in [0.5, 0.6) is 5.75 Å². The first-order valence-electron chi connectivity index (χ1n) is 6.71. The van der Waals surface area contributed by atoms with Gasteiger partial charge in [-0.1, -0.05) is 30.4 Å². The van der Waals surface area contributed by atoms with Gasteiger partial charge in [0.2, 0.25) is 0 Å². The minimum Gasteiger partial charge on any atom is -0.497 e. The maximum Gasteiger partial charge on any atom is 0.118 e. The maximum atomic E-state index is 5.18. The standard InChI is InChI=1S/C17H20N2O/c1-18-17(15-8-10-16(20-2)11-9-15)7-3-5-14-6-4-12-19-13-14/h3-6,8-13,17-18H,7H2,1-2H3. The Morgan fingerprint density at radius 3 is 2.65 bits per heavy atom. The maximum absolute atomic E-state index is 5.18. The van der Waals surface area contributed by atoms with Gasteiger partial charge in [0, 0.05) is 18.4 Å². The van der Waals surface area contributed by atoms with Crippen molar-refractivity contribution in [1.82, 2.24) is 10.3 Å². The number of nitrogens with zero attached hydrogens (tertiary/aromatic N) is 1. The number of nitrogens with one attached hydrogen (secondary N) is 1. The van der Waals surface area contributed by atoms with Gasteiger partial charge in [0.25, 0.3) is 0 Å². The summed E-state index contributed by atoms with van der Waals surface area (Å²) in [6, 6.07) is 12.5. The van der Waals surface area contributed by atoms with Crippen molar-refractivity contribution in [3.05, 3.63) is 66.0 Å². The molecule has 3 heteroatoms. The summed E-state index contributed by atoms with van der Waals surface area (Å²) in [5.41, 5.74) is 2.38. The van der Waals surface area contributed by atoms with Crippen molar-refractivity contribution in [2.24, 2.45) is 0 Å². The summed E-state index contributed by atoms with van der Waals surface area (Å²) in [7, 11) is 3.66. The second-order valence-electron chi connectivity index (χ2n) is 4.54. The third-order valence-corrected chi connectivity index (χ3v) is 3.23. The van der Waals surface area contributed by atoms with Crippen LogP contribution in [0.2, 0.25) is 0 Å².